The second-order valence-electron chi connectivity index (χ2n) is 9.06. The summed E-state index contributed by atoms with van der Waals surface area (Å²) in [7, 11) is 0. The van der Waals surface area contributed by atoms with E-state index in [-0.39, 0.29) is 50.4 Å². The van der Waals surface area contributed by atoms with Crippen LogP contribution in [-0.4, -0.2) is 69.2 Å². The van der Waals surface area contributed by atoms with Gasteiger partial charge in [-0.2, -0.15) is 0 Å². The van der Waals surface area contributed by atoms with Crippen LogP contribution in [0.15, 0.2) is 60.7 Å². The fraction of sp³-hybridized carbons (Fsp3) is 0. The molecule has 44 heavy (non-hydrogen) atoms. The topological polar surface area (TPSA) is 270 Å². The van der Waals surface area contributed by atoms with Crippen LogP contribution in [0, 0.1) is 10.1 Å². The highest BCUT2D eigenvalue weighted by molar-refractivity contribution is 6.11. The first-order valence-electron chi connectivity index (χ1n) is 12.2. The Kier molecular flexibility index (Phi) is 7.08. The van der Waals surface area contributed by atoms with Crippen molar-refractivity contribution in [2.45, 2.75) is 0 Å². The van der Waals surface area contributed by atoms with Crippen molar-refractivity contribution in [2.75, 3.05) is 5.73 Å². The van der Waals surface area contributed by atoms with Gasteiger partial charge in [0.1, 0.15) is 28.3 Å². The van der Waals surface area contributed by atoms with E-state index in [9.17, 15) is 29.3 Å². The fourth-order valence-corrected chi connectivity index (χ4v) is 4.37. The first kappa shape index (κ1) is 28.7. The minimum atomic E-state index is -1.30. The maximum absolute atomic E-state index is 11.2. The number of non-ortho nitro benzene ring substituents is 1. The summed E-state index contributed by atoms with van der Waals surface area (Å²) in [5.41, 5.74) is 5.83. The van der Waals surface area contributed by atoms with Gasteiger partial charge in [0, 0.05) is 27.9 Å². The van der Waals surface area contributed by atoms with Crippen LogP contribution in [0.3, 0.4) is 0 Å². The monoisotopic (exact) mass is 596 g/mol. The summed E-state index contributed by atoms with van der Waals surface area (Å²) < 4.78 is 0. The lowest BCUT2D eigenvalue weighted by Crippen LogP contribution is -2.04. The minimum absolute atomic E-state index is 0.0304. The molecule has 0 unspecified atom stereocenters. The van der Waals surface area contributed by atoms with E-state index in [0.717, 1.165) is 6.07 Å². The van der Waals surface area contributed by atoms with Gasteiger partial charge in [-0.25, -0.2) is 39.1 Å². The zero-order valence-corrected chi connectivity index (χ0v) is 21.8. The zero-order chi connectivity index (χ0) is 31.9. The third-order valence-corrected chi connectivity index (χ3v) is 6.36. The van der Waals surface area contributed by atoms with Crippen LogP contribution < -0.4 is 5.73 Å². The van der Waals surface area contributed by atoms with Gasteiger partial charge in [-0.3, -0.25) is 10.1 Å². The molecular weight excluding hydrogens is 580 g/mol. The van der Waals surface area contributed by atoms with Crippen molar-refractivity contribution < 1.29 is 44.5 Å². The van der Waals surface area contributed by atoms with E-state index in [2.05, 4.69) is 19.9 Å². The summed E-state index contributed by atoms with van der Waals surface area (Å²) in [6, 6.07) is 13.7. The van der Waals surface area contributed by atoms with Crippen LogP contribution in [0.1, 0.15) is 42.0 Å². The highest BCUT2D eigenvalue weighted by atomic mass is 16.6. The Labute approximate surface area is 242 Å². The lowest BCUT2D eigenvalue weighted by Gasteiger charge is -2.07. The molecule has 0 radical (unpaired) electrons. The second-order valence-corrected chi connectivity index (χ2v) is 9.06. The van der Waals surface area contributed by atoms with Crippen molar-refractivity contribution in [1.29, 1.82) is 0 Å². The van der Waals surface area contributed by atoms with E-state index in [0.29, 0.717) is 27.4 Å². The van der Waals surface area contributed by atoms with Gasteiger partial charge in [0.2, 0.25) is 0 Å². The summed E-state index contributed by atoms with van der Waals surface area (Å²) in [5, 5.41) is 48.8. The number of rotatable bonds is 5. The number of anilines is 1. The molecule has 6 rings (SSSR count). The van der Waals surface area contributed by atoms with E-state index in [1.807, 2.05) is 0 Å². The van der Waals surface area contributed by atoms with Crippen LogP contribution in [0.5, 0.6) is 0 Å². The van der Waals surface area contributed by atoms with Gasteiger partial charge in [-0.05, 0) is 42.5 Å². The number of fused-ring (bicyclic) bond motifs is 6. The molecule has 4 aromatic heterocycles. The molecule has 0 saturated carbocycles. The molecule has 6 N–H and O–H groups in total. The molecule has 0 aliphatic rings. The third kappa shape index (κ3) is 5.16. The van der Waals surface area contributed by atoms with E-state index < -0.39 is 28.8 Å². The normalized spacial score (nSPS) is 10.8. The molecular formula is C28H16N6O10. The largest absolute Gasteiger partial charge is 0.477 e. The Hall–Kier alpha value is -6.84. The van der Waals surface area contributed by atoms with Crippen LogP contribution in [0.25, 0.3) is 43.6 Å². The van der Waals surface area contributed by atoms with Gasteiger partial charge in [0.05, 0.1) is 26.9 Å². The quantitative estimate of drug-likeness (QED) is 0.0818. The number of pyridine rings is 4. The highest BCUT2D eigenvalue weighted by Crippen LogP contribution is 2.32. The van der Waals surface area contributed by atoms with E-state index in [1.54, 1.807) is 12.1 Å². The number of carboxylic acid groups (broad SMARTS) is 4. The first-order chi connectivity index (χ1) is 20.8. The second kappa shape index (κ2) is 10.9. The Morgan fingerprint density at radius 1 is 0.568 bits per heavy atom. The average Bonchev–Trinajstić information content (AvgIpc) is 2.99. The number of hydrogen-bond acceptors (Lipinski definition) is 11. The maximum atomic E-state index is 11.2. The summed E-state index contributed by atoms with van der Waals surface area (Å²) in [4.78, 5) is 70.6. The molecule has 0 spiro atoms. The molecule has 0 saturated heterocycles. The lowest BCUT2D eigenvalue weighted by atomic mass is 10.1. The molecule has 0 aliphatic heterocycles. The summed E-state index contributed by atoms with van der Waals surface area (Å²) in [5.74, 6) is -4.92. The SMILES string of the molecule is Nc1cc2ccc(C(=O)O)nc2c2nc(C(=O)O)ccc12.O=C(O)c1ccc2cc([N+](=O)[O-])c3ccc(C(=O)O)nc3c2n1. The Morgan fingerprint density at radius 2 is 0.932 bits per heavy atom. The van der Waals surface area contributed by atoms with Gasteiger partial charge in [-0.15, -0.1) is 0 Å². The number of nitrogen functional groups attached to an aromatic ring is 1. The number of aromatic nitrogens is 4. The molecule has 218 valence electrons. The smallest absolute Gasteiger partial charge is 0.354 e. The van der Waals surface area contributed by atoms with Crippen LogP contribution in [0.2, 0.25) is 0 Å². The van der Waals surface area contributed by atoms with Crippen molar-refractivity contribution in [1.82, 2.24) is 19.9 Å². The number of nitro groups is 1. The number of nitrogens with zero attached hydrogens (tertiary/aromatic N) is 5. The fourth-order valence-electron chi connectivity index (χ4n) is 4.37. The number of carbonyl (C=O) groups is 4. The molecule has 16 heteroatoms. The van der Waals surface area contributed by atoms with Crippen molar-refractivity contribution >= 4 is 78.9 Å². The third-order valence-electron chi connectivity index (χ3n) is 6.36. The molecule has 6 aromatic rings. The van der Waals surface area contributed by atoms with Crippen molar-refractivity contribution in [3.05, 3.63) is 93.6 Å². The number of nitrogens with two attached hydrogens (primary N) is 1. The van der Waals surface area contributed by atoms with Gasteiger partial charge >= 0.3 is 23.9 Å². The van der Waals surface area contributed by atoms with Crippen LogP contribution in [-0.2, 0) is 0 Å². The summed E-state index contributed by atoms with van der Waals surface area (Å²) in [6.07, 6.45) is 0. The molecule has 0 fully saturated rings. The number of nitro benzene ring substituents is 1. The highest BCUT2D eigenvalue weighted by Gasteiger charge is 2.20. The molecule has 4 heterocycles. The van der Waals surface area contributed by atoms with Gasteiger partial charge in [0.15, 0.2) is 0 Å². The van der Waals surface area contributed by atoms with E-state index in [4.69, 9.17) is 26.2 Å². The van der Waals surface area contributed by atoms with Crippen molar-refractivity contribution in [2.24, 2.45) is 0 Å². The number of aromatic carboxylic acids is 4. The van der Waals surface area contributed by atoms with Crippen molar-refractivity contribution in [3.63, 3.8) is 0 Å². The predicted molar refractivity (Wildman–Crippen MR) is 153 cm³/mol. The molecule has 0 amide bonds. The Balaban J connectivity index is 0.000000175. The van der Waals surface area contributed by atoms with E-state index >= 15 is 0 Å². The zero-order valence-electron chi connectivity index (χ0n) is 21.8. The minimum Gasteiger partial charge on any atom is -0.477 e. The van der Waals surface area contributed by atoms with Gasteiger partial charge in [0.25, 0.3) is 5.69 Å². The Morgan fingerprint density at radius 3 is 1.36 bits per heavy atom. The molecule has 2 aromatic carbocycles. The first-order valence-corrected chi connectivity index (χ1v) is 12.2. The number of hydrogen-bond donors (Lipinski definition) is 5. The standard InChI is InChI=1S/C14H7N3O6.C14H9N3O4/c18-13(19)8-3-1-6-5-10(17(22)23)7-2-4-9(14(20)21)16-12(7)11(6)15-8;15-8-5-6-1-3-9(13(18)19)16-11(6)12-7(8)2-4-10(17-12)14(20)21/h1-5H,(H,18,19)(H,20,21);1-5H,15H2,(H,18,19)(H,20,21). The van der Waals surface area contributed by atoms with Crippen molar-refractivity contribution in [3.8, 4) is 0 Å². The molecule has 0 atom stereocenters. The molecule has 16 nitrogen and oxygen atoms in total. The lowest BCUT2D eigenvalue weighted by molar-refractivity contribution is -0.382. The van der Waals surface area contributed by atoms with Crippen LogP contribution in [0.4, 0.5) is 11.4 Å². The summed E-state index contributed by atoms with van der Waals surface area (Å²) in [6.45, 7) is 0. The molecule has 0 aliphatic carbocycles. The number of benzene rings is 2. The van der Waals surface area contributed by atoms with Gasteiger partial charge < -0.3 is 26.2 Å². The summed E-state index contributed by atoms with van der Waals surface area (Å²) >= 11 is 0. The molecule has 0 bridgehead atoms. The van der Waals surface area contributed by atoms with Gasteiger partial charge in [-0.1, -0.05) is 12.1 Å². The van der Waals surface area contributed by atoms with E-state index in [1.165, 1.54) is 42.5 Å². The predicted octanol–water partition coefficient (Wildman–Crippen LogP) is 3.85. The average molecular weight is 596 g/mol. The maximum Gasteiger partial charge on any atom is 0.354 e. The Bertz CT molecular complexity index is 2250. The van der Waals surface area contributed by atoms with Crippen LogP contribution >= 0.6 is 0 Å². The number of carboxylic acids is 4.